The molecule has 0 amide bonds. The van der Waals surface area contributed by atoms with E-state index in [1.807, 2.05) is 0 Å². The van der Waals surface area contributed by atoms with Gasteiger partial charge in [0.2, 0.25) is 0 Å². The number of hydrogen-bond donors (Lipinski definition) is 1. The Morgan fingerprint density at radius 1 is 1.39 bits per heavy atom. The fourth-order valence-corrected chi connectivity index (χ4v) is 1.79. The van der Waals surface area contributed by atoms with Gasteiger partial charge in [-0.3, -0.25) is 0 Å². The van der Waals surface area contributed by atoms with Crippen LogP contribution >= 0.6 is 0 Å². The minimum atomic E-state index is -4.38. The van der Waals surface area contributed by atoms with Crippen molar-refractivity contribution in [2.24, 2.45) is 5.73 Å². The molecule has 1 fully saturated rings. The summed E-state index contributed by atoms with van der Waals surface area (Å²) < 4.78 is 51.4. The molecule has 2 rings (SSSR count). The zero-order chi connectivity index (χ0) is 13.3. The largest absolute Gasteiger partial charge is 0.405 e. The molecule has 1 aliphatic carbocycles. The van der Waals surface area contributed by atoms with Gasteiger partial charge in [-0.25, -0.2) is 9.37 Å². The van der Waals surface area contributed by atoms with Gasteiger partial charge in [0.05, 0.1) is 0 Å². The van der Waals surface area contributed by atoms with E-state index < -0.39 is 18.5 Å². The van der Waals surface area contributed by atoms with Crippen molar-refractivity contribution in [3.8, 4) is 0 Å². The first-order valence-corrected chi connectivity index (χ1v) is 5.59. The molecule has 0 aromatic carbocycles. The Morgan fingerprint density at radius 2 is 2.06 bits per heavy atom. The summed E-state index contributed by atoms with van der Waals surface area (Å²) in [5.41, 5.74) is 5.50. The van der Waals surface area contributed by atoms with Crippen molar-refractivity contribution in [2.45, 2.75) is 31.6 Å². The Kier molecular flexibility index (Phi) is 3.43. The second-order valence-electron chi connectivity index (χ2n) is 4.29. The summed E-state index contributed by atoms with van der Waals surface area (Å²) in [4.78, 5) is 4.71. The van der Waals surface area contributed by atoms with E-state index in [9.17, 15) is 17.6 Å². The van der Waals surface area contributed by atoms with Crippen molar-refractivity contribution in [3.63, 3.8) is 0 Å². The molecule has 0 saturated heterocycles. The monoisotopic (exact) mass is 263 g/mol. The summed E-state index contributed by atoms with van der Waals surface area (Å²) in [7, 11) is 0. The first-order chi connectivity index (χ1) is 8.42. The van der Waals surface area contributed by atoms with Crippen LogP contribution in [0.15, 0.2) is 12.3 Å². The number of hydrogen-bond acceptors (Lipinski definition) is 3. The summed E-state index contributed by atoms with van der Waals surface area (Å²) in [6.45, 7) is -1.25. The summed E-state index contributed by atoms with van der Waals surface area (Å²) >= 11 is 0. The van der Waals surface area contributed by atoms with Gasteiger partial charge in [0.1, 0.15) is 6.54 Å². The number of nitrogens with zero attached hydrogens (tertiary/aromatic N) is 2. The van der Waals surface area contributed by atoms with Crippen LogP contribution < -0.4 is 10.6 Å². The lowest BCUT2D eigenvalue weighted by atomic mass is 10.2. The molecule has 0 spiro atoms. The van der Waals surface area contributed by atoms with Gasteiger partial charge in [-0.05, 0) is 18.9 Å². The quantitative estimate of drug-likeness (QED) is 0.847. The van der Waals surface area contributed by atoms with E-state index in [4.69, 9.17) is 5.73 Å². The predicted octanol–water partition coefficient (Wildman–Crippen LogP) is 2.21. The van der Waals surface area contributed by atoms with Crippen molar-refractivity contribution in [1.29, 1.82) is 0 Å². The minimum absolute atomic E-state index is 0.0636. The van der Waals surface area contributed by atoms with Crippen LogP contribution in [0, 0.1) is 5.82 Å². The fraction of sp³-hybridized carbons (Fsp3) is 0.545. The Labute approximate surface area is 102 Å². The Bertz CT molecular complexity index is 429. The highest BCUT2D eigenvalue weighted by molar-refractivity contribution is 5.45. The van der Waals surface area contributed by atoms with Crippen molar-refractivity contribution in [2.75, 3.05) is 11.4 Å². The van der Waals surface area contributed by atoms with Crippen LogP contribution in [-0.2, 0) is 6.54 Å². The van der Waals surface area contributed by atoms with Crippen LogP contribution in [-0.4, -0.2) is 23.7 Å². The zero-order valence-electron chi connectivity index (χ0n) is 9.54. The van der Waals surface area contributed by atoms with Gasteiger partial charge >= 0.3 is 6.18 Å². The molecule has 0 atom stereocenters. The van der Waals surface area contributed by atoms with E-state index in [1.165, 1.54) is 12.3 Å². The lowest BCUT2D eigenvalue weighted by molar-refractivity contribution is -0.120. The molecule has 18 heavy (non-hydrogen) atoms. The number of nitrogens with two attached hydrogens (primary N) is 1. The highest BCUT2D eigenvalue weighted by Crippen LogP contribution is 2.35. The highest BCUT2D eigenvalue weighted by Gasteiger charge is 2.40. The number of anilines is 1. The van der Waals surface area contributed by atoms with Gasteiger partial charge in [0.15, 0.2) is 11.6 Å². The lowest BCUT2D eigenvalue weighted by Crippen LogP contribution is -2.37. The first kappa shape index (κ1) is 13.1. The molecule has 0 aliphatic heterocycles. The molecule has 100 valence electrons. The van der Waals surface area contributed by atoms with Crippen LogP contribution in [0.2, 0.25) is 0 Å². The van der Waals surface area contributed by atoms with Crippen molar-refractivity contribution in [1.82, 2.24) is 4.98 Å². The average molecular weight is 263 g/mol. The summed E-state index contributed by atoms with van der Waals surface area (Å²) in [5.74, 6) is -1.01. The number of rotatable bonds is 4. The lowest BCUT2D eigenvalue weighted by Gasteiger charge is -2.25. The molecule has 1 aromatic heterocycles. The van der Waals surface area contributed by atoms with E-state index >= 15 is 0 Å². The SMILES string of the molecule is NCc1ccnc(N(CC(F)(F)F)C2CC2)c1F. The normalized spacial score (nSPS) is 15.8. The molecule has 2 N–H and O–H groups in total. The van der Waals surface area contributed by atoms with E-state index in [1.54, 1.807) is 0 Å². The van der Waals surface area contributed by atoms with Gasteiger partial charge in [0, 0.05) is 24.3 Å². The van der Waals surface area contributed by atoms with Crippen LogP contribution in [0.1, 0.15) is 18.4 Å². The van der Waals surface area contributed by atoms with E-state index in [2.05, 4.69) is 4.98 Å². The minimum Gasteiger partial charge on any atom is -0.342 e. The van der Waals surface area contributed by atoms with Crippen LogP contribution in [0.25, 0.3) is 0 Å². The van der Waals surface area contributed by atoms with E-state index in [-0.39, 0.29) is 24.0 Å². The molecule has 1 aliphatic rings. The predicted molar refractivity (Wildman–Crippen MR) is 58.5 cm³/mol. The maximum absolute atomic E-state index is 13.9. The summed E-state index contributed by atoms with van der Waals surface area (Å²) in [5, 5.41) is 0. The van der Waals surface area contributed by atoms with Crippen LogP contribution in [0.4, 0.5) is 23.4 Å². The molecular formula is C11H13F4N3. The topological polar surface area (TPSA) is 42.1 Å². The van der Waals surface area contributed by atoms with Gasteiger partial charge in [-0.15, -0.1) is 0 Å². The molecule has 1 aromatic rings. The molecule has 7 heteroatoms. The molecule has 1 heterocycles. The van der Waals surface area contributed by atoms with E-state index in [0.29, 0.717) is 12.8 Å². The second-order valence-corrected chi connectivity index (χ2v) is 4.29. The Morgan fingerprint density at radius 3 is 2.56 bits per heavy atom. The third-order valence-electron chi connectivity index (χ3n) is 2.78. The Hall–Kier alpha value is -1.37. The molecule has 3 nitrogen and oxygen atoms in total. The smallest absolute Gasteiger partial charge is 0.342 e. The third-order valence-corrected chi connectivity index (χ3v) is 2.78. The summed E-state index contributed by atoms with van der Waals surface area (Å²) in [6.07, 6.45) is -1.84. The first-order valence-electron chi connectivity index (χ1n) is 5.59. The maximum atomic E-state index is 13.9. The molecule has 0 unspecified atom stereocenters. The van der Waals surface area contributed by atoms with Crippen LogP contribution in [0.5, 0.6) is 0 Å². The maximum Gasteiger partial charge on any atom is 0.405 e. The molecule has 0 bridgehead atoms. The summed E-state index contributed by atoms with van der Waals surface area (Å²) in [6, 6.07) is 1.10. The van der Waals surface area contributed by atoms with E-state index in [0.717, 1.165) is 4.90 Å². The number of aromatic nitrogens is 1. The Balaban J connectivity index is 2.31. The fourth-order valence-electron chi connectivity index (χ4n) is 1.79. The van der Waals surface area contributed by atoms with Crippen molar-refractivity contribution >= 4 is 5.82 Å². The number of pyridine rings is 1. The van der Waals surface area contributed by atoms with Gasteiger partial charge in [-0.2, -0.15) is 13.2 Å². The van der Waals surface area contributed by atoms with Crippen molar-refractivity contribution in [3.05, 3.63) is 23.6 Å². The zero-order valence-corrected chi connectivity index (χ0v) is 9.54. The average Bonchev–Trinajstić information content (AvgIpc) is 3.09. The number of alkyl halides is 3. The van der Waals surface area contributed by atoms with Crippen LogP contribution in [0.3, 0.4) is 0 Å². The van der Waals surface area contributed by atoms with Gasteiger partial charge < -0.3 is 10.6 Å². The second kappa shape index (κ2) is 4.72. The molecular weight excluding hydrogens is 250 g/mol. The standard InChI is InChI=1S/C11H13F4N3/c12-9-7(5-16)3-4-17-10(9)18(8-1-2-8)6-11(13,14)15/h3-4,8H,1-2,5-6,16H2. The molecule has 0 radical (unpaired) electrons. The van der Waals surface area contributed by atoms with Gasteiger partial charge in [-0.1, -0.05) is 0 Å². The van der Waals surface area contributed by atoms with Crippen molar-refractivity contribution < 1.29 is 17.6 Å². The highest BCUT2D eigenvalue weighted by atomic mass is 19.4. The third kappa shape index (κ3) is 2.90. The number of halogens is 4. The van der Waals surface area contributed by atoms with Gasteiger partial charge in [0.25, 0.3) is 0 Å². The molecule has 1 saturated carbocycles.